The zero-order valence-corrected chi connectivity index (χ0v) is 11.5. The second-order valence-corrected chi connectivity index (χ2v) is 5.46. The third-order valence-corrected chi connectivity index (χ3v) is 4.24. The van der Waals surface area contributed by atoms with Crippen molar-refractivity contribution in [2.75, 3.05) is 13.2 Å². The number of morpholine rings is 1. The van der Waals surface area contributed by atoms with Gasteiger partial charge in [0.25, 0.3) is 5.91 Å². The number of amides is 1. The molecule has 1 aliphatic heterocycles. The van der Waals surface area contributed by atoms with Gasteiger partial charge in [0, 0.05) is 6.54 Å². The molecule has 2 atom stereocenters. The fraction of sp³-hybridized carbons (Fsp3) is 0.714. The summed E-state index contributed by atoms with van der Waals surface area (Å²) in [6, 6.07) is 0.226. The molecule has 1 saturated heterocycles. The number of fused-ring (bicyclic) bond motifs is 1. The van der Waals surface area contributed by atoms with Crippen LogP contribution in [0.25, 0.3) is 0 Å². The Balaban J connectivity index is 1.86. The van der Waals surface area contributed by atoms with Crippen LogP contribution in [0.3, 0.4) is 0 Å². The lowest BCUT2D eigenvalue weighted by Gasteiger charge is -2.43. The van der Waals surface area contributed by atoms with Crippen LogP contribution in [0, 0.1) is 13.8 Å². The van der Waals surface area contributed by atoms with Crippen molar-refractivity contribution in [3.8, 4) is 0 Å². The lowest BCUT2D eigenvalue weighted by atomic mass is 9.89. The number of hydrogen-bond donors (Lipinski definition) is 0. The molecule has 0 spiro atoms. The van der Waals surface area contributed by atoms with Gasteiger partial charge >= 0.3 is 0 Å². The maximum Gasteiger partial charge on any atom is 0.259 e. The monoisotopic (exact) mass is 264 g/mol. The normalized spacial score (nSPS) is 27.2. The zero-order chi connectivity index (χ0) is 13.4. The summed E-state index contributed by atoms with van der Waals surface area (Å²) in [6.07, 6.45) is 4.70. The smallest absolute Gasteiger partial charge is 0.259 e. The van der Waals surface area contributed by atoms with Crippen LogP contribution >= 0.6 is 0 Å². The number of rotatable bonds is 1. The first kappa shape index (κ1) is 12.7. The summed E-state index contributed by atoms with van der Waals surface area (Å²) in [7, 11) is 0. The van der Waals surface area contributed by atoms with Crippen molar-refractivity contribution in [3.05, 3.63) is 17.0 Å². The molecular formula is C14H20N2O3. The van der Waals surface area contributed by atoms with Crippen molar-refractivity contribution in [3.63, 3.8) is 0 Å². The Morgan fingerprint density at radius 3 is 2.84 bits per heavy atom. The van der Waals surface area contributed by atoms with Gasteiger partial charge in [-0.25, -0.2) is 0 Å². The van der Waals surface area contributed by atoms with E-state index in [0.29, 0.717) is 30.2 Å². The Hall–Kier alpha value is -1.36. The summed E-state index contributed by atoms with van der Waals surface area (Å²) < 4.78 is 10.9. The molecule has 0 radical (unpaired) electrons. The molecule has 5 heteroatoms. The number of aryl methyl sites for hydroxylation is 2. The molecule has 0 unspecified atom stereocenters. The van der Waals surface area contributed by atoms with Crippen molar-refractivity contribution < 1.29 is 14.1 Å². The second kappa shape index (κ2) is 4.96. The molecule has 1 saturated carbocycles. The van der Waals surface area contributed by atoms with Crippen LogP contribution in [0.15, 0.2) is 4.52 Å². The molecule has 1 aromatic rings. The quantitative estimate of drug-likeness (QED) is 0.779. The van der Waals surface area contributed by atoms with Crippen LogP contribution in [0.5, 0.6) is 0 Å². The molecule has 1 amide bonds. The predicted molar refractivity (Wildman–Crippen MR) is 69.0 cm³/mol. The van der Waals surface area contributed by atoms with Crippen molar-refractivity contribution in [1.29, 1.82) is 0 Å². The van der Waals surface area contributed by atoms with Gasteiger partial charge in [0.05, 0.1) is 24.4 Å². The summed E-state index contributed by atoms with van der Waals surface area (Å²) in [6.45, 7) is 4.93. The molecule has 2 fully saturated rings. The van der Waals surface area contributed by atoms with Crippen LogP contribution < -0.4 is 0 Å². The molecule has 0 N–H and O–H groups in total. The Morgan fingerprint density at radius 2 is 2.11 bits per heavy atom. The van der Waals surface area contributed by atoms with E-state index in [1.807, 2.05) is 11.8 Å². The van der Waals surface area contributed by atoms with Crippen LogP contribution in [0.2, 0.25) is 0 Å². The van der Waals surface area contributed by atoms with Crippen LogP contribution in [-0.4, -0.2) is 41.3 Å². The van der Waals surface area contributed by atoms with Gasteiger partial charge in [-0.1, -0.05) is 18.0 Å². The van der Waals surface area contributed by atoms with Crippen LogP contribution in [0.4, 0.5) is 0 Å². The minimum absolute atomic E-state index is 0.0523. The number of carbonyl (C=O) groups excluding carboxylic acids is 1. The van der Waals surface area contributed by atoms with E-state index in [-0.39, 0.29) is 18.1 Å². The first-order valence-electron chi connectivity index (χ1n) is 7.04. The molecule has 104 valence electrons. The number of nitrogens with zero attached hydrogens (tertiary/aromatic N) is 2. The third-order valence-electron chi connectivity index (χ3n) is 4.24. The van der Waals surface area contributed by atoms with E-state index in [4.69, 9.17) is 9.26 Å². The summed E-state index contributed by atoms with van der Waals surface area (Å²) in [5, 5.41) is 3.88. The Labute approximate surface area is 112 Å². The topological polar surface area (TPSA) is 55.6 Å². The van der Waals surface area contributed by atoms with Crippen LogP contribution in [0.1, 0.15) is 47.5 Å². The summed E-state index contributed by atoms with van der Waals surface area (Å²) >= 11 is 0. The van der Waals surface area contributed by atoms with Crippen molar-refractivity contribution in [2.45, 2.75) is 51.7 Å². The maximum atomic E-state index is 12.7. The lowest BCUT2D eigenvalue weighted by Crippen LogP contribution is -2.55. The largest absolute Gasteiger partial charge is 0.374 e. The minimum Gasteiger partial charge on any atom is -0.374 e. The highest BCUT2D eigenvalue weighted by molar-refractivity contribution is 5.96. The van der Waals surface area contributed by atoms with E-state index < -0.39 is 0 Å². The number of hydrogen-bond acceptors (Lipinski definition) is 4. The van der Waals surface area contributed by atoms with Gasteiger partial charge < -0.3 is 14.2 Å². The molecule has 1 aromatic heterocycles. The molecule has 3 rings (SSSR count). The van der Waals surface area contributed by atoms with Crippen molar-refractivity contribution >= 4 is 5.91 Å². The van der Waals surface area contributed by atoms with Gasteiger partial charge in [-0.2, -0.15) is 0 Å². The molecule has 19 heavy (non-hydrogen) atoms. The standard InChI is InChI=1S/C14H20N2O3/c1-9-13(10(2)19-15-9)14(17)16-7-8-18-12-6-4-3-5-11(12)16/h11-12H,3-8H2,1-2H3/t11-,12+/m0/s1. The Morgan fingerprint density at radius 1 is 1.32 bits per heavy atom. The maximum absolute atomic E-state index is 12.7. The average Bonchev–Trinajstić information content (AvgIpc) is 2.77. The van der Waals surface area contributed by atoms with E-state index >= 15 is 0 Å². The molecule has 5 nitrogen and oxygen atoms in total. The SMILES string of the molecule is Cc1noc(C)c1C(=O)N1CCO[C@@H]2CCCC[C@@H]21. The fourth-order valence-corrected chi connectivity index (χ4v) is 3.28. The van der Waals surface area contributed by atoms with Crippen molar-refractivity contribution in [1.82, 2.24) is 10.1 Å². The van der Waals surface area contributed by atoms with Gasteiger partial charge in [0.1, 0.15) is 11.3 Å². The molecule has 1 aliphatic carbocycles. The summed E-state index contributed by atoms with van der Waals surface area (Å²) in [5.41, 5.74) is 1.31. The molecule has 2 heterocycles. The molecule has 0 aromatic carbocycles. The Bertz CT molecular complexity index is 462. The van der Waals surface area contributed by atoms with E-state index in [2.05, 4.69) is 5.16 Å². The highest BCUT2D eigenvalue weighted by atomic mass is 16.5. The van der Waals surface area contributed by atoms with Gasteiger partial charge in [-0.05, 0) is 26.7 Å². The summed E-state index contributed by atoms with van der Waals surface area (Å²) in [5.74, 6) is 0.665. The van der Waals surface area contributed by atoms with E-state index in [1.54, 1.807) is 6.92 Å². The van der Waals surface area contributed by atoms with E-state index in [1.165, 1.54) is 12.8 Å². The number of aromatic nitrogens is 1. The van der Waals surface area contributed by atoms with E-state index in [0.717, 1.165) is 12.8 Å². The van der Waals surface area contributed by atoms with Gasteiger partial charge in [-0.15, -0.1) is 0 Å². The first-order valence-corrected chi connectivity index (χ1v) is 7.04. The number of carbonyl (C=O) groups is 1. The predicted octanol–water partition coefficient (Wildman–Crippen LogP) is 2.08. The van der Waals surface area contributed by atoms with Crippen molar-refractivity contribution in [2.24, 2.45) is 0 Å². The zero-order valence-electron chi connectivity index (χ0n) is 11.5. The second-order valence-electron chi connectivity index (χ2n) is 5.46. The number of ether oxygens (including phenoxy) is 1. The highest BCUT2D eigenvalue weighted by Gasteiger charge is 2.38. The fourth-order valence-electron chi connectivity index (χ4n) is 3.28. The van der Waals surface area contributed by atoms with Gasteiger partial charge in [-0.3, -0.25) is 4.79 Å². The van der Waals surface area contributed by atoms with Crippen LogP contribution in [-0.2, 0) is 4.74 Å². The average molecular weight is 264 g/mol. The van der Waals surface area contributed by atoms with Gasteiger partial charge in [0.15, 0.2) is 0 Å². The third kappa shape index (κ3) is 2.16. The highest BCUT2D eigenvalue weighted by Crippen LogP contribution is 2.30. The Kier molecular flexibility index (Phi) is 3.31. The minimum atomic E-state index is 0.0523. The first-order chi connectivity index (χ1) is 9.18. The molecule has 0 bridgehead atoms. The van der Waals surface area contributed by atoms with Gasteiger partial charge in [0.2, 0.25) is 0 Å². The summed E-state index contributed by atoms with van der Waals surface area (Å²) in [4.78, 5) is 14.7. The molecular weight excluding hydrogens is 244 g/mol. The van der Waals surface area contributed by atoms with E-state index in [9.17, 15) is 4.79 Å². The molecule has 2 aliphatic rings. The lowest BCUT2D eigenvalue weighted by molar-refractivity contribution is -0.0753.